The predicted octanol–water partition coefficient (Wildman–Crippen LogP) is 6.31. The largest absolute Gasteiger partial charge is 0.507 e. The van der Waals surface area contributed by atoms with Gasteiger partial charge in [0, 0.05) is 30.1 Å². The first kappa shape index (κ1) is 33.1. The molecule has 0 aliphatic heterocycles. The maximum absolute atomic E-state index is 14.7. The molecule has 4 atom stereocenters. The van der Waals surface area contributed by atoms with Crippen molar-refractivity contribution in [3.8, 4) is 11.6 Å². The van der Waals surface area contributed by atoms with E-state index in [1.54, 1.807) is 6.07 Å². The number of aliphatic hydroxyl groups excluding tert-OH is 1. The van der Waals surface area contributed by atoms with E-state index < -0.39 is 35.0 Å². The molecule has 0 saturated heterocycles. The number of aromatic nitrogens is 1. The fourth-order valence-electron chi connectivity index (χ4n) is 7.71. The standard InChI is InChI=1S/C38H38BrN3O7/c1-5-42(4)32-25-17-23-16-24-29(27(18-26(39)31(24)41(2)3)47-19-21-12-8-6-9-13-21)33(43)28(23)35(44)38(25,46)36(45)30-34(32)49-40-37(30)48-20-22-14-10-7-11-15-22/h6-15,18,23,25,32,43,46H,5,16-17,19-20H2,1-4H3/t23?,25-,32?,38-/m0/s1. The van der Waals surface area contributed by atoms with Crippen LogP contribution >= 0.6 is 15.9 Å². The Kier molecular flexibility index (Phi) is 8.62. The van der Waals surface area contributed by atoms with Crippen molar-refractivity contribution >= 4 is 38.9 Å². The number of rotatable bonds is 9. The molecule has 0 amide bonds. The Balaban J connectivity index is 1.34. The minimum absolute atomic E-state index is 0.0285. The highest BCUT2D eigenvalue weighted by molar-refractivity contribution is 9.10. The van der Waals surface area contributed by atoms with Crippen LogP contribution in [-0.2, 0) is 24.4 Å². The number of ether oxygens (including phenoxy) is 2. The molecule has 0 radical (unpaired) electrons. The van der Waals surface area contributed by atoms with Crippen LogP contribution in [0.5, 0.6) is 11.6 Å². The summed E-state index contributed by atoms with van der Waals surface area (Å²) < 4.78 is 18.9. The quantitative estimate of drug-likeness (QED) is 0.190. The van der Waals surface area contributed by atoms with E-state index in [2.05, 4.69) is 21.1 Å². The van der Waals surface area contributed by atoms with E-state index in [9.17, 15) is 19.8 Å². The number of ketones is 2. The number of Topliss-reactive ketones (excluding diaryl/α,β-unsaturated/α-hetero) is 2. The lowest BCUT2D eigenvalue weighted by Gasteiger charge is -2.50. The minimum atomic E-state index is -2.49. The number of carbonyl (C=O) groups excluding carboxylic acids is 2. The number of aliphatic hydroxyl groups is 2. The third kappa shape index (κ3) is 5.35. The molecule has 0 spiro atoms. The lowest BCUT2D eigenvalue weighted by Crippen LogP contribution is -2.63. The van der Waals surface area contributed by atoms with Crippen LogP contribution in [0.25, 0.3) is 5.76 Å². The summed E-state index contributed by atoms with van der Waals surface area (Å²) in [6, 6.07) is 20.2. The summed E-state index contributed by atoms with van der Waals surface area (Å²) in [6.07, 6.45) is 0.620. The molecule has 1 saturated carbocycles. The maximum atomic E-state index is 14.7. The molecule has 3 aliphatic carbocycles. The highest BCUT2D eigenvalue weighted by Gasteiger charge is 2.65. The van der Waals surface area contributed by atoms with Gasteiger partial charge in [0.1, 0.15) is 30.3 Å². The van der Waals surface area contributed by atoms with E-state index in [0.29, 0.717) is 24.3 Å². The van der Waals surface area contributed by atoms with E-state index in [4.69, 9.17) is 14.0 Å². The first-order valence-electron chi connectivity index (χ1n) is 16.4. The second kappa shape index (κ2) is 12.8. The van der Waals surface area contributed by atoms with Crippen molar-refractivity contribution in [2.75, 3.05) is 32.6 Å². The summed E-state index contributed by atoms with van der Waals surface area (Å²) in [6.45, 7) is 2.84. The first-order valence-corrected chi connectivity index (χ1v) is 17.2. The van der Waals surface area contributed by atoms with Crippen LogP contribution in [0, 0.1) is 11.8 Å². The normalized spacial score (nSPS) is 22.7. The van der Waals surface area contributed by atoms with Gasteiger partial charge >= 0.3 is 0 Å². The van der Waals surface area contributed by atoms with E-state index in [0.717, 1.165) is 26.9 Å². The summed E-state index contributed by atoms with van der Waals surface area (Å²) >= 11 is 3.72. The fraction of sp³-hybridized carbons (Fsp3) is 0.342. The van der Waals surface area contributed by atoms with Gasteiger partial charge in [-0.15, -0.1) is 0 Å². The smallest absolute Gasteiger partial charge is 0.265 e. The van der Waals surface area contributed by atoms with E-state index in [1.165, 1.54) is 0 Å². The summed E-state index contributed by atoms with van der Waals surface area (Å²) in [5.74, 6) is -2.72. The molecule has 2 N–H and O–H groups in total. The topological polar surface area (TPSA) is 126 Å². The summed E-state index contributed by atoms with van der Waals surface area (Å²) in [4.78, 5) is 33.1. The molecule has 1 fully saturated rings. The maximum Gasteiger partial charge on any atom is 0.265 e. The third-order valence-electron chi connectivity index (χ3n) is 10.1. The van der Waals surface area contributed by atoms with Crippen molar-refractivity contribution < 1.29 is 33.8 Å². The van der Waals surface area contributed by atoms with Gasteiger partial charge in [-0.2, -0.15) is 0 Å². The van der Waals surface area contributed by atoms with Gasteiger partial charge in [0.05, 0.1) is 17.3 Å². The Morgan fingerprint density at radius 3 is 2.20 bits per heavy atom. The molecule has 2 unspecified atom stereocenters. The van der Waals surface area contributed by atoms with Crippen LogP contribution in [0.1, 0.15) is 57.8 Å². The highest BCUT2D eigenvalue weighted by Crippen LogP contribution is 2.57. The van der Waals surface area contributed by atoms with Crippen molar-refractivity contribution in [1.82, 2.24) is 10.1 Å². The number of hydrogen-bond acceptors (Lipinski definition) is 10. The average Bonchev–Trinajstić information content (AvgIpc) is 3.51. The Labute approximate surface area is 293 Å². The number of hydrogen-bond donors (Lipinski definition) is 2. The van der Waals surface area contributed by atoms with Gasteiger partial charge in [0.25, 0.3) is 5.88 Å². The van der Waals surface area contributed by atoms with Crippen LogP contribution in [0.3, 0.4) is 0 Å². The molecule has 11 heteroatoms. The second-order valence-electron chi connectivity index (χ2n) is 13.2. The number of benzene rings is 3. The van der Waals surface area contributed by atoms with Crippen LogP contribution < -0.4 is 14.4 Å². The summed E-state index contributed by atoms with van der Waals surface area (Å²) in [5.41, 5.74) is 1.32. The van der Waals surface area contributed by atoms with Gasteiger partial charge in [-0.25, -0.2) is 0 Å². The second-order valence-corrected chi connectivity index (χ2v) is 14.0. The number of halogens is 1. The average molecular weight is 729 g/mol. The van der Waals surface area contributed by atoms with Gasteiger partial charge in [-0.3, -0.25) is 14.5 Å². The third-order valence-corrected chi connectivity index (χ3v) is 10.7. The molecule has 7 rings (SSSR count). The zero-order valence-electron chi connectivity index (χ0n) is 27.8. The van der Waals surface area contributed by atoms with E-state index in [-0.39, 0.29) is 48.2 Å². The molecule has 49 heavy (non-hydrogen) atoms. The van der Waals surface area contributed by atoms with E-state index >= 15 is 0 Å². The molecule has 3 aliphatic rings. The Morgan fingerprint density at radius 1 is 0.959 bits per heavy atom. The predicted molar refractivity (Wildman–Crippen MR) is 187 cm³/mol. The van der Waals surface area contributed by atoms with Crippen LogP contribution in [0.15, 0.2) is 81.3 Å². The van der Waals surface area contributed by atoms with Crippen molar-refractivity contribution in [3.63, 3.8) is 0 Å². The molecule has 254 valence electrons. The number of anilines is 1. The first-order chi connectivity index (χ1) is 23.6. The van der Waals surface area contributed by atoms with Crippen LogP contribution in [0.2, 0.25) is 0 Å². The molecule has 10 nitrogen and oxygen atoms in total. The zero-order chi connectivity index (χ0) is 34.6. The van der Waals surface area contributed by atoms with Crippen molar-refractivity contribution in [1.29, 1.82) is 0 Å². The van der Waals surface area contributed by atoms with Gasteiger partial charge < -0.3 is 29.1 Å². The SMILES string of the molecule is CCN(C)C1c2onc(OCc3ccccc3)c2C(=O)[C@@]2(O)C(=O)C3=C(O)c4c(OCc5ccccc5)cc(Br)c(N(C)C)c4CC3C[C@@H]12. The lowest BCUT2D eigenvalue weighted by atomic mass is 9.57. The Morgan fingerprint density at radius 2 is 1.59 bits per heavy atom. The molecule has 1 heterocycles. The molecule has 3 aromatic carbocycles. The monoisotopic (exact) mass is 727 g/mol. The van der Waals surface area contributed by atoms with Gasteiger partial charge in [0.15, 0.2) is 11.4 Å². The van der Waals surface area contributed by atoms with Gasteiger partial charge in [0.2, 0.25) is 11.6 Å². The number of fused-ring (bicyclic) bond motifs is 4. The van der Waals surface area contributed by atoms with Gasteiger partial charge in [-0.1, -0.05) is 67.6 Å². The van der Waals surface area contributed by atoms with Crippen molar-refractivity contribution in [2.45, 2.75) is 44.6 Å². The molecule has 4 aromatic rings. The highest BCUT2D eigenvalue weighted by atomic mass is 79.9. The van der Waals surface area contributed by atoms with Crippen molar-refractivity contribution in [3.05, 3.63) is 110 Å². The summed E-state index contributed by atoms with van der Waals surface area (Å²) in [5, 5.41) is 28.7. The molecular formula is C38H38BrN3O7. The molecular weight excluding hydrogens is 690 g/mol. The number of nitrogens with zero attached hydrogens (tertiary/aromatic N) is 3. The zero-order valence-corrected chi connectivity index (χ0v) is 29.4. The number of carbonyl (C=O) groups is 2. The van der Waals surface area contributed by atoms with Gasteiger partial charge in [-0.05, 0) is 76.2 Å². The minimum Gasteiger partial charge on any atom is -0.507 e. The molecule has 0 bridgehead atoms. The Bertz CT molecular complexity index is 1960. The van der Waals surface area contributed by atoms with E-state index in [1.807, 2.05) is 98.5 Å². The fourth-order valence-corrected chi connectivity index (χ4v) is 8.51. The van der Waals surface area contributed by atoms with Crippen LogP contribution in [0.4, 0.5) is 5.69 Å². The van der Waals surface area contributed by atoms with Crippen molar-refractivity contribution in [2.24, 2.45) is 11.8 Å². The molecule has 1 aromatic heterocycles. The summed E-state index contributed by atoms with van der Waals surface area (Å²) in [7, 11) is 5.69. The van der Waals surface area contributed by atoms with Crippen LogP contribution in [-0.4, -0.2) is 65.1 Å². The Hall–Kier alpha value is -4.45. The lowest BCUT2D eigenvalue weighted by molar-refractivity contribution is -0.143.